The van der Waals surface area contributed by atoms with Crippen LogP contribution in [-0.4, -0.2) is 42.0 Å². The molecule has 2 aliphatic carbocycles. The summed E-state index contributed by atoms with van der Waals surface area (Å²) in [6.07, 6.45) is 2.95. The predicted octanol–water partition coefficient (Wildman–Crippen LogP) is 3.21. The summed E-state index contributed by atoms with van der Waals surface area (Å²) in [7, 11) is 0. The first kappa shape index (κ1) is 18.0. The molecule has 6 heteroatoms. The van der Waals surface area contributed by atoms with E-state index >= 15 is 0 Å². The summed E-state index contributed by atoms with van der Waals surface area (Å²) < 4.78 is 5.78. The van der Waals surface area contributed by atoms with E-state index in [2.05, 4.69) is 20.8 Å². The Morgan fingerprint density at radius 3 is 2.48 bits per heavy atom. The number of carbonyl (C=O) groups is 3. The normalized spacial score (nSPS) is 31.7. The maximum Gasteiger partial charge on any atom is 0.332 e. The molecule has 1 heterocycles. The van der Waals surface area contributed by atoms with Crippen molar-refractivity contribution in [2.24, 2.45) is 16.7 Å². The molecule has 4 rings (SSSR count). The molecule has 3 amide bonds. The molecular formula is C21H26N2O4. The Kier molecular flexibility index (Phi) is 4.05. The topological polar surface area (TPSA) is 66.9 Å². The number of urea groups is 1. The van der Waals surface area contributed by atoms with E-state index in [1.54, 1.807) is 12.1 Å². The van der Waals surface area contributed by atoms with Gasteiger partial charge >= 0.3 is 12.0 Å². The first-order chi connectivity index (χ1) is 12.7. The molecule has 27 heavy (non-hydrogen) atoms. The van der Waals surface area contributed by atoms with Crippen molar-refractivity contribution in [1.82, 2.24) is 4.90 Å². The van der Waals surface area contributed by atoms with Crippen LogP contribution in [0.15, 0.2) is 30.3 Å². The molecule has 1 aromatic carbocycles. The van der Waals surface area contributed by atoms with Crippen LogP contribution in [0.3, 0.4) is 0 Å². The van der Waals surface area contributed by atoms with E-state index in [0.717, 1.165) is 17.7 Å². The number of hydrogen-bond acceptors (Lipinski definition) is 4. The third-order valence-corrected chi connectivity index (χ3v) is 7.40. The summed E-state index contributed by atoms with van der Waals surface area (Å²) in [5, 5.41) is 0. The van der Waals surface area contributed by atoms with Crippen LogP contribution in [0.2, 0.25) is 0 Å². The van der Waals surface area contributed by atoms with Crippen LogP contribution in [0.25, 0.3) is 0 Å². The summed E-state index contributed by atoms with van der Waals surface area (Å²) in [5.41, 5.74) is 0.748. The van der Waals surface area contributed by atoms with Crippen molar-refractivity contribution in [3.05, 3.63) is 30.3 Å². The fourth-order valence-corrected chi connectivity index (χ4v) is 5.14. The van der Waals surface area contributed by atoms with Gasteiger partial charge in [0.25, 0.3) is 5.91 Å². The van der Waals surface area contributed by atoms with Gasteiger partial charge in [-0.2, -0.15) is 0 Å². The summed E-state index contributed by atoms with van der Waals surface area (Å²) in [6.45, 7) is 6.33. The lowest BCUT2D eigenvalue weighted by molar-refractivity contribution is -0.158. The molecule has 0 unspecified atom stereocenters. The second-order valence-electron chi connectivity index (χ2n) is 8.77. The molecule has 3 aliphatic rings. The number of fused-ring (bicyclic) bond motifs is 2. The summed E-state index contributed by atoms with van der Waals surface area (Å²) in [4.78, 5) is 39.8. The first-order valence-corrected chi connectivity index (χ1v) is 9.60. The Bertz CT molecular complexity index is 791. The molecule has 3 fully saturated rings. The maximum atomic E-state index is 12.6. The minimum absolute atomic E-state index is 0.0393. The molecule has 0 N–H and O–H groups in total. The number of anilines is 1. The van der Waals surface area contributed by atoms with Crippen LogP contribution in [0.5, 0.6) is 0 Å². The quantitative estimate of drug-likeness (QED) is 0.603. The van der Waals surface area contributed by atoms with Crippen molar-refractivity contribution in [3.63, 3.8) is 0 Å². The highest BCUT2D eigenvalue weighted by atomic mass is 16.5. The van der Waals surface area contributed by atoms with Crippen LogP contribution in [0.1, 0.15) is 40.0 Å². The number of rotatable bonds is 4. The van der Waals surface area contributed by atoms with Gasteiger partial charge in [0, 0.05) is 11.1 Å². The Morgan fingerprint density at radius 2 is 1.89 bits per heavy atom. The standard InChI is InChI=1S/C21H26N2O4/c1-20(2)14-9-10-21(20,3)16(11-14)27-18(25)13-23-17(24)12-22(19(23)26)15-7-5-4-6-8-15/h4-8,14,16H,9-13H2,1-3H3/t14-,16-,21+/m0/s1. The SMILES string of the molecule is CC1(C)[C@H]2CC[C@]1(C)[C@@H](OC(=O)CN1C(=O)CN(c3ccccc3)C1=O)C2. The van der Waals surface area contributed by atoms with E-state index in [4.69, 9.17) is 4.74 Å². The monoisotopic (exact) mass is 370 g/mol. The highest BCUT2D eigenvalue weighted by Gasteiger charge is 2.63. The predicted molar refractivity (Wildman–Crippen MR) is 100 cm³/mol. The number of para-hydroxylation sites is 1. The van der Waals surface area contributed by atoms with Gasteiger partial charge in [-0.15, -0.1) is 0 Å². The van der Waals surface area contributed by atoms with Gasteiger partial charge in [-0.1, -0.05) is 39.0 Å². The van der Waals surface area contributed by atoms with E-state index in [1.807, 2.05) is 18.2 Å². The van der Waals surface area contributed by atoms with E-state index in [0.29, 0.717) is 11.6 Å². The van der Waals surface area contributed by atoms with Crippen LogP contribution in [0, 0.1) is 16.7 Å². The third-order valence-electron chi connectivity index (χ3n) is 7.40. The van der Waals surface area contributed by atoms with Gasteiger partial charge in [0.1, 0.15) is 19.2 Å². The largest absolute Gasteiger partial charge is 0.460 e. The van der Waals surface area contributed by atoms with E-state index < -0.39 is 12.0 Å². The number of nitrogens with zero attached hydrogens (tertiary/aromatic N) is 2. The van der Waals surface area contributed by atoms with Gasteiger partial charge < -0.3 is 4.74 Å². The van der Waals surface area contributed by atoms with Crippen molar-refractivity contribution >= 4 is 23.6 Å². The second-order valence-corrected chi connectivity index (χ2v) is 8.77. The molecule has 0 aromatic heterocycles. The zero-order valence-electron chi connectivity index (χ0n) is 16.1. The van der Waals surface area contributed by atoms with Crippen LogP contribution >= 0.6 is 0 Å². The minimum atomic E-state index is -0.499. The highest BCUT2D eigenvalue weighted by Crippen LogP contribution is 2.66. The van der Waals surface area contributed by atoms with E-state index in [-0.39, 0.29) is 35.9 Å². The average Bonchev–Trinajstić information content (AvgIpc) is 3.11. The first-order valence-electron chi connectivity index (χ1n) is 9.60. The molecule has 144 valence electrons. The third kappa shape index (κ3) is 2.65. The van der Waals surface area contributed by atoms with Crippen LogP contribution in [0.4, 0.5) is 10.5 Å². The number of amides is 3. The molecular weight excluding hydrogens is 344 g/mol. The second kappa shape index (κ2) is 6.08. The zero-order valence-corrected chi connectivity index (χ0v) is 16.1. The number of carbonyl (C=O) groups excluding carboxylic acids is 3. The number of imide groups is 1. The lowest BCUT2D eigenvalue weighted by Gasteiger charge is -2.38. The van der Waals surface area contributed by atoms with Crippen molar-refractivity contribution < 1.29 is 19.1 Å². The van der Waals surface area contributed by atoms with Gasteiger partial charge in [0.2, 0.25) is 0 Å². The molecule has 0 spiro atoms. The van der Waals surface area contributed by atoms with E-state index in [1.165, 1.54) is 11.3 Å². The van der Waals surface area contributed by atoms with Gasteiger partial charge in [-0.25, -0.2) is 4.79 Å². The van der Waals surface area contributed by atoms with Crippen LogP contribution < -0.4 is 4.90 Å². The molecule has 0 radical (unpaired) electrons. The molecule has 2 saturated carbocycles. The van der Waals surface area contributed by atoms with Crippen molar-refractivity contribution in [2.45, 2.75) is 46.1 Å². The van der Waals surface area contributed by atoms with E-state index in [9.17, 15) is 14.4 Å². The average molecular weight is 370 g/mol. The maximum absolute atomic E-state index is 12.6. The van der Waals surface area contributed by atoms with Crippen LogP contribution in [-0.2, 0) is 14.3 Å². The Hall–Kier alpha value is -2.37. The van der Waals surface area contributed by atoms with Gasteiger partial charge in [-0.3, -0.25) is 19.4 Å². The number of hydrogen-bond donors (Lipinski definition) is 0. The molecule has 6 nitrogen and oxygen atoms in total. The number of esters is 1. The fourth-order valence-electron chi connectivity index (χ4n) is 5.14. The fraction of sp³-hybridized carbons (Fsp3) is 0.571. The Labute approximate surface area is 159 Å². The van der Waals surface area contributed by atoms with Crippen molar-refractivity contribution in [2.75, 3.05) is 18.0 Å². The Morgan fingerprint density at radius 1 is 1.19 bits per heavy atom. The highest BCUT2D eigenvalue weighted by molar-refractivity contribution is 6.13. The Balaban J connectivity index is 1.42. The summed E-state index contributed by atoms with van der Waals surface area (Å²) in [5.74, 6) is -0.314. The summed E-state index contributed by atoms with van der Waals surface area (Å²) >= 11 is 0. The summed E-state index contributed by atoms with van der Waals surface area (Å²) in [6, 6.07) is 8.53. The molecule has 1 aromatic rings. The number of benzene rings is 1. The van der Waals surface area contributed by atoms with Crippen molar-refractivity contribution in [3.8, 4) is 0 Å². The number of ether oxygens (including phenoxy) is 1. The lowest BCUT2D eigenvalue weighted by Crippen LogP contribution is -2.42. The molecule has 3 atom stereocenters. The lowest BCUT2D eigenvalue weighted by atomic mass is 9.70. The zero-order chi connectivity index (χ0) is 19.4. The smallest absolute Gasteiger partial charge is 0.332 e. The van der Waals surface area contributed by atoms with Gasteiger partial charge in [0.15, 0.2) is 0 Å². The van der Waals surface area contributed by atoms with Gasteiger partial charge in [-0.05, 0) is 42.7 Å². The van der Waals surface area contributed by atoms with Gasteiger partial charge in [0.05, 0.1) is 0 Å². The molecule has 2 bridgehead atoms. The molecule has 1 aliphatic heterocycles. The van der Waals surface area contributed by atoms with Crippen molar-refractivity contribution in [1.29, 1.82) is 0 Å². The molecule has 1 saturated heterocycles. The minimum Gasteiger partial charge on any atom is -0.460 e.